The van der Waals surface area contributed by atoms with Gasteiger partial charge >= 0.3 is 0 Å². The van der Waals surface area contributed by atoms with Crippen LogP contribution in [-0.4, -0.2) is 40.2 Å². The third-order valence-corrected chi connectivity index (χ3v) is 4.61. The van der Waals surface area contributed by atoms with E-state index in [1.807, 2.05) is 28.8 Å². The van der Waals surface area contributed by atoms with Crippen molar-refractivity contribution in [2.24, 2.45) is 0 Å². The number of anilines is 1. The summed E-state index contributed by atoms with van der Waals surface area (Å²) in [5.41, 5.74) is 1.73. The van der Waals surface area contributed by atoms with Crippen molar-refractivity contribution in [3.63, 3.8) is 0 Å². The molecule has 0 spiro atoms. The lowest BCUT2D eigenvalue weighted by Crippen LogP contribution is -2.22. The molecule has 0 bridgehead atoms. The van der Waals surface area contributed by atoms with Gasteiger partial charge in [-0.25, -0.2) is 4.98 Å². The van der Waals surface area contributed by atoms with Crippen molar-refractivity contribution < 1.29 is 9.59 Å². The van der Waals surface area contributed by atoms with Crippen molar-refractivity contribution in [1.29, 1.82) is 0 Å². The summed E-state index contributed by atoms with van der Waals surface area (Å²) in [6.45, 7) is 6.16. The zero-order chi connectivity index (χ0) is 20.6. The van der Waals surface area contributed by atoms with Crippen molar-refractivity contribution in [2.75, 3.05) is 19.4 Å². The fraction of sp³-hybridized carbons (Fsp3) is 0.286. The Balaban J connectivity index is 1.94. The summed E-state index contributed by atoms with van der Waals surface area (Å²) in [7, 11) is 3.32. The number of imidazole rings is 1. The molecule has 6 nitrogen and oxygen atoms in total. The number of rotatable bonds is 3. The third-order valence-electron chi connectivity index (χ3n) is 4.30. The van der Waals surface area contributed by atoms with E-state index in [0.717, 1.165) is 11.3 Å². The average molecular weight is 399 g/mol. The Labute approximate surface area is 169 Å². The standard InChI is InChI=1S/C21H23ClN4O2/c1-21(2,3)20-24-17(16-8-6-7-11-26(16)20)18(27)23-13-9-10-14(15(22)12-13)19(28)25(4)5/h6-12H,1-5H3,(H,23,27). The van der Waals surface area contributed by atoms with Gasteiger partial charge in [0.2, 0.25) is 0 Å². The van der Waals surface area contributed by atoms with Crippen LogP contribution in [0.25, 0.3) is 5.52 Å². The summed E-state index contributed by atoms with van der Waals surface area (Å²) in [5, 5.41) is 3.11. The van der Waals surface area contributed by atoms with E-state index in [1.54, 1.807) is 32.3 Å². The smallest absolute Gasteiger partial charge is 0.276 e. The number of hydrogen-bond donors (Lipinski definition) is 1. The highest BCUT2D eigenvalue weighted by Crippen LogP contribution is 2.26. The number of benzene rings is 1. The molecule has 0 atom stereocenters. The maximum absolute atomic E-state index is 12.9. The molecule has 0 aliphatic heterocycles. The number of carbonyl (C=O) groups excluding carboxylic acids is 2. The van der Waals surface area contributed by atoms with E-state index in [9.17, 15) is 9.59 Å². The minimum Gasteiger partial charge on any atom is -0.345 e. The van der Waals surface area contributed by atoms with Crippen LogP contribution in [0, 0.1) is 0 Å². The zero-order valence-electron chi connectivity index (χ0n) is 16.6. The van der Waals surface area contributed by atoms with Gasteiger partial charge in [-0.2, -0.15) is 0 Å². The first-order chi connectivity index (χ1) is 13.1. The molecule has 3 rings (SSSR count). The molecule has 0 saturated carbocycles. The normalized spacial score (nSPS) is 11.5. The molecule has 7 heteroatoms. The maximum atomic E-state index is 12.9. The highest BCUT2D eigenvalue weighted by atomic mass is 35.5. The lowest BCUT2D eigenvalue weighted by Gasteiger charge is -2.16. The minimum absolute atomic E-state index is 0.196. The number of amides is 2. The van der Waals surface area contributed by atoms with Crippen molar-refractivity contribution in [1.82, 2.24) is 14.3 Å². The highest BCUT2D eigenvalue weighted by Gasteiger charge is 2.25. The second-order valence-electron chi connectivity index (χ2n) is 7.84. The molecule has 146 valence electrons. The van der Waals surface area contributed by atoms with Gasteiger partial charge in [-0.15, -0.1) is 0 Å². The molecule has 0 aliphatic rings. The van der Waals surface area contributed by atoms with Crippen LogP contribution in [0.15, 0.2) is 42.6 Å². The summed E-state index contributed by atoms with van der Waals surface area (Å²) in [4.78, 5) is 31.1. The van der Waals surface area contributed by atoms with Crippen molar-refractivity contribution in [3.8, 4) is 0 Å². The topological polar surface area (TPSA) is 66.7 Å². The van der Waals surface area contributed by atoms with Gasteiger partial charge in [-0.3, -0.25) is 9.59 Å². The molecule has 2 amide bonds. The number of halogens is 1. The van der Waals surface area contributed by atoms with Crippen LogP contribution in [-0.2, 0) is 5.41 Å². The van der Waals surface area contributed by atoms with Gasteiger partial charge in [-0.1, -0.05) is 38.4 Å². The first kappa shape index (κ1) is 19.9. The van der Waals surface area contributed by atoms with Gasteiger partial charge in [0.25, 0.3) is 11.8 Å². The Bertz CT molecular complexity index is 1060. The molecule has 0 aliphatic carbocycles. The largest absolute Gasteiger partial charge is 0.345 e. The summed E-state index contributed by atoms with van der Waals surface area (Å²) in [6, 6.07) is 10.5. The Morgan fingerprint density at radius 3 is 2.46 bits per heavy atom. The fourth-order valence-corrected chi connectivity index (χ4v) is 3.19. The molecule has 0 saturated heterocycles. The molecular formula is C21H23ClN4O2. The molecule has 0 unspecified atom stereocenters. The Morgan fingerprint density at radius 2 is 1.86 bits per heavy atom. The number of pyridine rings is 1. The lowest BCUT2D eigenvalue weighted by molar-refractivity contribution is 0.0827. The molecule has 28 heavy (non-hydrogen) atoms. The van der Waals surface area contributed by atoms with Crippen LogP contribution >= 0.6 is 11.6 Å². The summed E-state index contributed by atoms with van der Waals surface area (Å²) >= 11 is 6.24. The molecule has 1 aromatic carbocycles. The Hall–Kier alpha value is -2.86. The quantitative estimate of drug-likeness (QED) is 0.717. The number of fused-ring (bicyclic) bond motifs is 1. The first-order valence-electron chi connectivity index (χ1n) is 8.89. The van der Waals surface area contributed by atoms with Crippen LogP contribution in [0.5, 0.6) is 0 Å². The van der Waals surface area contributed by atoms with Gasteiger partial charge in [0.05, 0.1) is 16.1 Å². The van der Waals surface area contributed by atoms with Crippen molar-refractivity contribution in [2.45, 2.75) is 26.2 Å². The Kier molecular flexibility index (Phi) is 5.17. The van der Waals surface area contributed by atoms with Crippen LogP contribution in [0.4, 0.5) is 5.69 Å². The zero-order valence-corrected chi connectivity index (χ0v) is 17.3. The first-order valence-corrected chi connectivity index (χ1v) is 9.27. The van der Waals surface area contributed by atoms with Gasteiger partial charge < -0.3 is 14.6 Å². The van der Waals surface area contributed by atoms with Crippen LogP contribution in [0.2, 0.25) is 5.02 Å². The predicted octanol–water partition coefficient (Wildman–Crippen LogP) is 4.24. The van der Waals surface area contributed by atoms with Gasteiger partial charge in [0, 0.05) is 31.4 Å². The van der Waals surface area contributed by atoms with Crippen LogP contribution < -0.4 is 5.32 Å². The number of carbonyl (C=O) groups is 2. The Morgan fingerprint density at radius 1 is 1.14 bits per heavy atom. The minimum atomic E-state index is -0.332. The van der Waals surface area contributed by atoms with Crippen molar-refractivity contribution in [3.05, 3.63) is 64.7 Å². The summed E-state index contributed by atoms with van der Waals surface area (Å²) in [6.07, 6.45) is 1.90. The predicted molar refractivity (Wildman–Crippen MR) is 111 cm³/mol. The molecular weight excluding hydrogens is 376 g/mol. The van der Waals surface area contributed by atoms with E-state index in [4.69, 9.17) is 11.6 Å². The molecule has 0 radical (unpaired) electrons. The lowest BCUT2D eigenvalue weighted by atomic mass is 9.96. The SMILES string of the molecule is CN(C)C(=O)c1ccc(NC(=O)c2nc(C(C)(C)C)n3ccccc23)cc1Cl. The number of hydrogen-bond acceptors (Lipinski definition) is 3. The second kappa shape index (κ2) is 7.28. The van der Waals surface area contributed by atoms with E-state index >= 15 is 0 Å². The van der Waals surface area contributed by atoms with E-state index in [2.05, 4.69) is 31.1 Å². The monoisotopic (exact) mass is 398 g/mol. The summed E-state index contributed by atoms with van der Waals surface area (Å²) < 4.78 is 1.93. The van der Waals surface area contributed by atoms with E-state index in [1.165, 1.54) is 4.90 Å². The number of nitrogens with one attached hydrogen (secondary N) is 1. The van der Waals surface area contributed by atoms with Crippen LogP contribution in [0.3, 0.4) is 0 Å². The third kappa shape index (κ3) is 3.73. The van der Waals surface area contributed by atoms with Crippen molar-refractivity contribution >= 4 is 34.6 Å². The highest BCUT2D eigenvalue weighted by molar-refractivity contribution is 6.34. The van der Waals surface area contributed by atoms with Gasteiger partial charge in [0.1, 0.15) is 5.82 Å². The average Bonchev–Trinajstić information content (AvgIpc) is 3.01. The van der Waals surface area contributed by atoms with E-state index < -0.39 is 0 Å². The number of nitrogens with zero attached hydrogens (tertiary/aromatic N) is 3. The van der Waals surface area contributed by atoms with Gasteiger partial charge in [-0.05, 0) is 30.3 Å². The van der Waals surface area contributed by atoms with E-state index in [-0.39, 0.29) is 22.3 Å². The maximum Gasteiger partial charge on any atom is 0.276 e. The number of aromatic nitrogens is 2. The van der Waals surface area contributed by atoms with Crippen LogP contribution in [0.1, 0.15) is 47.4 Å². The molecule has 3 aromatic rings. The van der Waals surface area contributed by atoms with Gasteiger partial charge in [0.15, 0.2) is 5.69 Å². The molecule has 2 aromatic heterocycles. The molecule has 0 fully saturated rings. The fourth-order valence-electron chi connectivity index (χ4n) is 2.93. The molecule has 2 heterocycles. The summed E-state index contributed by atoms with van der Waals surface area (Å²) in [5.74, 6) is 0.276. The second-order valence-corrected chi connectivity index (χ2v) is 8.25. The molecule has 1 N–H and O–H groups in total. The van der Waals surface area contributed by atoms with E-state index in [0.29, 0.717) is 16.9 Å².